The number of guanidine groups is 1. The Kier molecular flexibility index (Phi) is 14.0. The molecule has 1 aromatic rings. The van der Waals surface area contributed by atoms with Crippen LogP contribution in [-0.2, 0) is 16.0 Å². The average molecular weight is 523 g/mol. The molecule has 0 bridgehead atoms. The standard InChI is InChI=1S/C21H34FN3O3.HI/c1-3-23-21(24-10-5-11-27-16-17-8-12-26-13-9-17)25-15-18-6-7-20(28-4-2)19(22)14-18;/h6-7,14,17H,3-5,8-13,15-16H2,1-2H3,(H2,23,24,25);1H. The molecule has 0 amide bonds. The minimum absolute atomic E-state index is 0. The van der Waals surface area contributed by atoms with E-state index in [1.165, 1.54) is 6.07 Å². The van der Waals surface area contributed by atoms with Crippen molar-refractivity contribution in [2.75, 3.05) is 46.1 Å². The maximum absolute atomic E-state index is 13.9. The van der Waals surface area contributed by atoms with E-state index in [0.717, 1.165) is 70.3 Å². The first kappa shape index (κ1) is 25.9. The van der Waals surface area contributed by atoms with Crippen molar-refractivity contribution in [3.63, 3.8) is 0 Å². The van der Waals surface area contributed by atoms with Crippen LogP contribution in [0, 0.1) is 11.7 Å². The Morgan fingerprint density at radius 1 is 1.24 bits per heavy atom. The molecule has 0 atom stereocenters. The highest BCUT2D eigenvalue weighted by Crippen LogP contribution is 2.18. The van der Waals surface area contributed by atoms with Crippen molar-refractivity contribution < 1.29 is 18.6 Å². The van der Waals surface area contributed by atoms with E-state index in [4.69, 9.17) is 14.2 Å². The Morgan fingerprint density at radius 3 is 2.72 bits per heavy atom. The van der Waals surface area contributed by atoms with Crippen LogP contribution in [0.15, 0.2) is 23.2 Å². The molecule has 0 saturated carbocycles. The molecule has 0 aromatic heterocycles. The molecule has 2 rings (SSSR count). The monoisotopic (exact) mass is 523 g/mol. The predicted octanol–water partition coefficient (Wildman–Crippen LogP) is 3.73. The summed E-state index contributed by atoms with van der Waals surface area (Å²) >= 11 is 0. The smallest absolute Gasteiger partial charge is 0.191 e. The van der Waals surface area contributed by atoms with Crippen LogP contribution >= 0.6 is 24.0 Å². The number of aliphatic imine (C=N–C) groups is 1. The third-order valence-corrected chi connectivity index (χ3v) is 4.51. The van der Waals surface area contributed by atoms with E-state index in [-0.39, 0.29) is 35.5 Å². The third-order valence-electron chi connectivity index (χ3n) is 4.51. The van der Waals surface area contributed by atoms with E-state index in [2.05, 4.69) is 15.6 Å². The maximum Gasteiger partial charge on any atom is 0.191 e. The van der Waals surface area contributed by atoms with E-state index in [9.17, 15) is 4.39 Å². The highest BCUT2D eigenvalue weighted by atomic mass is 127. The SMILES string of the molecule is CCNC(=NCc1ccc(OCC)c(F)c1)NCCCOCC1CCOCC1.I. The summed E-state index contributed by atoms with van der Waals surface area (Å²) in [5.74, 6) is 1.28. The minimum atomic E-state index is -0.353. The number of nitrogens with zero attached hydrogens (tertiary/aromatic N) is 1. The maximum atomic E-state index is 13.9. The topological polar surface area (TPSA) is 64.1 Å². The second kappa shape index (κ2) is 15.7. The molecule has 1 aliphatic heterocycles. The van der Waals surface area contributed by atoms with Crippen LogP contribution in [0.1, 0.15) is 38.7 Å². The largest absolute Gasteiger partial charge is 0.491 e. The van der Waals surface area contributed by atoms with Gasteiger partial charge in [-0.1, -0.05) is 6.07 Å². The predicted molar refractivity (Wildman–Crippen MR) is 125 cm³/mol. The van der Waals surface area contributed by atoms with Crippen molar-refractivity contribution in [1.82, 2.24) is 10.6 Å². The summed E-state index contributed by atoms with van der Waals surface area (Å²) in [6.45, 7) is 9.51. The van der Waals surface area contributed by atoms with Crippen LogP contribution in [0.2, 0.25) is 0 Å². The molecular formula is C21H35FIN3O3. The van der Waals surface area contributed by atoms with E-state index in [1.807, 2.05) is 19.9 Å². The first-order valence-corrected chi connectivity index (χ1v) is 10.3. The van der Waals surface area contributed by atoms with Gasteiger partial charge < -0.3 is 24.8 Å². The summed E-state index contributed by atoms with van der Waals surface area (Å²) in [5, 5.41) is 6.50. The lowest BCUT2D eigenvalue weighted by Crippen LogP contribution is -2.38. The molecule has 1 saturated heterocycles. The summed E-state index contributed by atoms with van der Waals surface area (Å²) in [6.07, 6.45) is 3.11. The van der Waals surface area contributed by atoms with Crippen LogP contribution in [0.5, 0.6) is 5.75 Å². The molecule has 1 fully saturated rings. The number of hydrogen-bond acceptors (Lipinski definition) is 4. The zero-order valence-corrected chi connectivity index (χ0v) is 19.9. The second-order valence-corrected chi connectivity index (χ2v) is 6.80. The summed E-state index contributed by atoms with van der Waals surface area (Å²) in [6, 6.07) is 4.97. The number of hydrogen-bond donors (Lipinski definition) is 2. The molecule has 0 aliphatic carbocycles. The van der Waals surface area contributed by atoms with Gasteiger partial charge in [-0.3, -0.25) is 0 Å². The highest BCUT2D eigenvalue weighted by Gasteiger charge is 2.13. The summed E-state index contributed by atoms with van der Waals surface area (Å²) in [5.41, 5.74) is 0.804. The zero-order valence-electron chi connectivity index (χ0n) is 17.5. The highest BCUT2D eigenvalue weighted by molar-refractivity contribution is 14.0. The lowest BCUT2D eigenvalue weighted by molar-refractivity contribution is 0.0203. The van der Waals surface area contributed by atoms with Gasteiger partial charge in [0.15, 0.2) is 17.5 Å². The van der Waals surface area contributed by atoms with Gasteiger partial charge >= 0.3 is 0 Å². The number of halogens is 2. The molecule has 1 aromatic carbocycles. The van der Waals surface area contributed by atoms with Crippen LogP contribution in [0.3, 0.4) is 0 Å². The summed E-state index contributed by atoms with van der Waals surface area (Å²) in [7, 11) is 0. The van der Waals surface area contributed by atoms with Crippen molar-refractivity contribution in [3.8, 4) is 5.75 Å². The molecule has 166 valence electrons. The normalized spacial score (nSPS) is 14.9. The first-order chi connectivity index (χ1) is 13.7. The van der Waals surface area contributed by atoms with Crippen LogP contribution in [-0.4, -0.2) is 52.1 Å². The third kappa shape index (κ3) is 10.5. The summed E-state index contributed by atoms with van der Waals surface area (Å²) in [4.78, 5) is 4.52. The van der Waals surface area contributed by atoms with Gasteiger partial charge in [-0.05, 0) is 56.7 Å². The molecule has 0 unspecified atom stereocenters. The van der Waals surface area contributed by atoms with Crippen LogP contribution in [0.25, 0.3) is 0 Å². The zero-order chi connectivity index (χ0) is 20.0. The van der Waals surface area contributed by atoms with Crippen molar-refractivity contribution in [1.29, 1.82) is 0 Å². The number of nitrogens with one attached hydrogen (secondary N) is 2. The fourth-order valence-corrected chi connectivity index (χ4v) is 2.97. The second-order valence-electron chi connectivity index (χ2n) is 6.80. The van der Waals surface area contributed by atoms with Gasteiger partial charge in [-0.15, -0.1) is 24.0 Å². The van der Waals surface area contributed by atoms with Gasteiger partial charge in [0, 0.05) is 39.5 Å². The molecule has 1 aliphatic rings. The molecule has 6 nitrogen and oxygen atoms in total. The van der Waals surface area contributed by atoms with Gasteiger partial charge in [0.2, 0.25) is 0 Å². The summed E-state index contributed by atoms with van der Waals surface area (Å²) < 4.78 is 30.3. The molecule has 1 heterocycles. The molecule has 0 radical (unpaired) electrons. The lowest BCUT2D eigenvalue weighted by atomic mass is 10.0. The fraction of sp³-hybridized carbons (Fsp3) is 0.667. The van der Waals surface area contributed by atoms with E-state index >= 15 is 0 Å². The number of rotatable bonds is 11. The Labute approximate surface area is 191 Å². The van der Waals surface area contributed by atoms with E-state index in [1.54, 1.807) is 6.07 Å². The van der Waals surface area contributed by atoms with E-state index < -0.39 is 0 Å². The molecular weight excluding hydrogens is 488 g/mol. The lowest BCUT2D eigenvalue weighted by Gasteiger charge is -2.21. The van der Waals surface area contributed by atoms with Gasteiger partial charge in [0.25, 0.3) is 0 Å². The van der Waals surface area contributed by atoms with Gasteiger partial charge in [-0.2, -0.15) is 0 Å². The van der Waals surface area contributed by atoms with Crippen LogP contribution in [0.4, 0.5) is 4.39 Å². The number of benzene rings is 1. The van der Waals surface area contributed by atoms with Crippen molar-refractivity contribution in [2.45, 2.75) is 39.7 Å². The Bertz CT molecular complexity index is 599. The van der Waals surface area contributed by atoms with Crippen molar-refractivity contribution in [2.24, 2.45) is 10.9 Å². The van der Waals surface area contributed by atoms with Crippen molar-refractivity contribution in [3.05, 3.63) is 29.6 Å². The van der Waals surface area contributed by atoms with Gasteiger partial charge in [-0.25, -0.2) is 9.38 Å². The van der Waals surface area contributed by atoms with E-state index in [0.29, 0.717) is 19.1 Å². The number of ether oxygens (including phenoxy) is 3. The minimum Gasteiger partial charge on any atom is -0.491 e. The van der Waals surface area contributed by atoms with Gasteiger partial charge in [0.05, 0.1) is 13.2 Å². The fourth-order valence-electron chi connectivity index (χ4n) is 2.97. The Hall–Kier alpha value is -1.13. The molecule has 2 N–H and O–H groups in total. The Morgan fingerprint density at radius 2 is 2.03 bits per heavy atom. The van der Waals surface area contributed by atoms with Crippen molar-refractivity contribution >= 4 is 29.9 Å². The quantitative estimate of drug-likeness (QED) is 0.200. The van der Waals surface area contributed by atoms with Crippen LogP contribution < -0.4 is 15.4 Å². The molecule has 8 heteroatoms. The van der Waals surface area contributed by atoms with Gasteiger partial charge in [0.1, 0.15) is 0 Å². The average Bonchev–Trinajstić information content (AvgIpc) is 2.71. The Balaban J connectivity index is 0.00000420. The molecule has 0 spiro atoms. The molecule has 29 heavy (non-hydrogen) atoms. The first-order valence-electron chi connectivity index (χ1n) is 10.3.